The molecule has 0 unspecified atom stereocenters. The normalized spacial score (nSPS) is 25.3. The van der Waals surface area contributed by atoms with E-state index >= 15 is 0 Å². The summed E-state index contributed by atoms with van der Waals surface area (Å²) in [5.74, 6) is -0.673. The second-order valence-electron chi connectivity index (χ2n) is 6.56. The fourth-order valence-electron chi connectivity index (χ4n) is 3.14. The maximum Gasteiger partial charge on any atom is 0.225 e. The van der Waals surface area contributed by atoms with E-state index in [1.165, 1.54) is 6.07 Å². The third-order valence-corrected chi connectivity index (χ3v) is 4.70. The number of halogens is 2. The number of hydrogen-bond acceptors (Lipinski definition) is 2. The number of nitrogens with zero attached hydrogens (tertiary/aromatic N) is 1. The molecule has 5 heteroatoms. The minimum Gasteiger partial charge on any atom is -0.342 e. The summed E-state index contributed by atoms with van der Waals surface area (Å²) < 4.78 is 26.1. The van der Waals surface area contributed by atoms with Gasteiger partial charge in [-0.05, 0) is 42.9 Å². The van der Waals surface area contributed by atoms with E-state index in [0.29, 0.717) is 24.4 Å². The second-order valence-corrected chi connectivity index (χ2v) is 6.56. The Labute approximate surface area is 129 Å². The Bertz CT molecular complexity index is 560. The van der Waals surface area contributed by atoms with Crippen molar-refractivity contribution in [1.29, 1.82) is 0 Å². The number of carbonyl (C=O) groups excluding carboxylic acids is 1. The van der Waals surface area contributed by atoms with Gasteiger partial charge in [-0.3, -0.25) is 4.79 Å². The molecule has 2 atom stereocenters. The summed E-state index contributed by atoms with van der Waals surface area (Å²) in [6, 6.07) is 4.30. The summed E-state index contributed by atoms with van der Waals surface area (Å²) in [6.45, 7) is 4.22. The van der Waals surface area contributed by atoms with Crippen LogP contribution in [-0.4, -0.2) is 29.9 Å². The first kappa shape index (κ1) is 15.4. The smallest absolute Gasteiger partial charge is 0.225 e. The van der Waals surface area contributed by atoms with Crippen LogP contribution in [0.5, 0.6) is 0 Å². The van der Waals surface area contributed by atoms with Crippen LogP contribution in [0.4, 0.5) is 8.78 Å². The summed E-state index contributed by atoms with van der Waals surface area (Å²) in [5.41, 5.74) is 0.739. The zero-order valence-electron chi connectivity index (χ0n) is 12.8. The third-order valence-electron chi connectivity index (χ3n) is 4.70. The number of rotatable bonds is 4. The number of benzene rings is 1. The van der Waals surface area contributed by atoms with Gasteiger partial charge in [0.05, 0.1) is 0 Å². The third kappa shape index (κ3) is 3.46. The van der Waals surface area contributed by atoms with Gasteiger partial charge in [-0.15, -0.1) is 0 Å². The molecular weight excluding hydrogens is 286 g/mol. The molecule has 1 aromatic carbocycles. The van der Waals surface area contributed by atoms with Gasteiger partial charge in [0.2, 0.25) is 5.91 Å². The van der Waals surface area contributed by atoms with Crippen molar-refractivity contribution in [3.63, 3.8) is 0 Å². The predicted octanol–water partition coefficient (Wildman–Crippen LogP) is 2.70. The standard InChI is InChI=1S/C17H22F2N2O/c1-11-10-21(17(22)13-3-4-13)7-6-16(11)20-9-12-2-5-14(18)15(19)8-12/h2,5,8,11,13,16,20H,3-4,6-7,9-10H2,1H3/t11-,16-/m1/s1. The molecule has 1 saturated carbocycles. The molecule has 1 aliphatic heterocycles. The molecule has 0 bridgehead atoms. The van der Waals surface area contributed by atoms with E-state index in [9.17, 15) is 13.6 Å². The summed E-state index contributed by atoms with van der Waals surface area (Å²) in [6.07, 6.45) is 2.99. The van der Waals surface area contributed by atoms with Crippen molar-refractivity contribution in [2.24, 2.45) is 11.8 Å². The molecule has 0 aromatic heterocycles. The Morgan fingerprint density at radius 3 is 2.68 bits per heavy atom. The molecule has 2 aliphatic rings. The molecule has 22 heavy (non-hydrogen) atoms. The molecule has 0 spiro atoms. The van der Waals surface area contributed by atoms with Gasteiger partial charge in [0.1, 0.15) is 0 Å². The van der Waals surface area contributed by atoms with Crippen LogP contribution in [0, 0.1) is 23.5 Å². The van der Waals surface area contributed by atoms with Gasteiger partial charge in [-0.25, -0.2) is 8.78 Å². The summed E-state index contributed by atoms with van der Waals surface area (Å²) in [4.78, 5) is 14.1. The quantitative estimate of drug-likeness (QED) is 0.927. The zero-order chi connectivity index (χ0) is 15.7. The van der Waals surface area contributed by atoms with Crippen LogP contribution in [0.3, 0.4) is 0 Å². The fourth-order valence-corrected chi connectivity index (χ4v) is 3.14. The Morgan fingerprint density at radius 2 is 2.05 bits per heavy atom. The first-order valence-corrected chi connectivity index (χ1v) is 8.00. The van der Waals surface area contributed by atoms with Crippen LogP contribution >= 0.6 is 0 Å². The van der Waals surface area contributed by atoms with E-state index < -0.39 is 11.6 Å². The highest BCUT2D eigenvalue weighted by Crippen LogP contribution is 2.32. The van der Waals surface area contributed by atoms with Crippen LogP contribution in [0.25, 0.3) is 0 Å². The molecule has 0 radical (unpaired) electrons. The van der Waals surface area contributed by atoms with Crippen LogP contribution in [0.15, 0.2) is 18.2 Å². The zero-order valence-corrected chi connectivity index (χ0v) is 12.8. The number of carbonyl (C=O) groups is 1. The van der Waals surface area contributed by atoms with E-state index in [4.69, 9.17) is 0 Å². The molecule has 1 aliphatic carbocycles. The lowest BCUT2D eigenvalue weighted by molar-refractivity contribution is -0.134. The monoisotopic (exact) mass is 308 g/mol. The second kappa shape index (κ2) is 6.32. The molecule has 1 aromatic rings. The van der Waals surface area contributed by atoms with Gasteiger partial charge in [0.25, 0.3) is 0 Å². The van der Waals surface area contributed by atoms with Crippen LogP contribution in [0.1, 0.15) is 31.7 Å². The molecular formula is C17H22F2N2O. The molecule has 3 nitrogen and oxygen atoms in total. The molecule has 3 rings (SSSR count). The Balaban J connectivity index is 1.51. The molecule has 2 fully saturated rings. The van der Waals surface area contributed by atoms with E-state index in [2.05, 4.69) is 12.2 Å². The van der Waals surface area contributed by atoms with Crippen molar-refractivity contribution in [3.8, 4) is 0 Å². The lowest BCUT2D eigenvalue weighted by Gasteiger charge is -2.37. The highest BCUT2D eigenvalue weighted by Gasteiger charge is 2.36. The van der Waals surface area contributed by atoms with Crippen molar-refractivity contribution in [3.05, 3.63) is 35.4 Å². The minimum atomic E-state index is -0.816. The lowest BCUT2D eigenvalue weighted by Crippen LogP contribution is -2.50. The molecule has 120 valence electrons. The lowest BCUT2D eigenvalue weighted by atomic mass is 9.93. The van der Waals surface area contributed by atoms with E-state index in [0.717, 1.165) is 44.0 Å². The average molecular weight is 308 g/mol. The largest absolute Gasteiger partial charge is 0.342 e. The van der Waals surface area contributed by atoms with E-state index in [1.807, 2.05) is 4.90 Å². The van der Waals surface area contributed by atoms with Crippen molar-refractivity contribution in [2.45, 2.75) is 38.8 Å². The van der Waals surface area contributed by atoms with Gasteiger partial charge in [0.15, 0.2) is 11.6 Å². The molecule has 1 N–H and O–H groups in total. The van der Waals surface area contributed by atoms with Gasteiger partial charge < -0.3 is 10.2 Å². The topological polar surface area (TPSA) is 32.3 Å². The van der Waals surface area contributed by atoms with Crippen molar-refractivity contribution in [2.75, 3.05) is 13.1 Å². The number of piperidine rings is 1. The number of amides is 1. The summed E-state index contributed by atoms with van der Waals surface area (Å²) in [5, 5.41) is 3.41. The first-order chi connectivity index (χ1) is 10.5. The number of nitrogens with one attached hydrogen (secondary N) is 1. The Morgan fingerprint density at radius 1 is 1.27 bits per heavy atom. The maximum atomic E-state index is 13.2. The van der Waals surface area contributed by atoms with Gasteiger partial charge in [-0.1, -0.05) is 13.0 Å². The first-order valence-electron chi connectivity index (χ1n) is 8.00. The number of hydrogen-bond donors (Lipinski definition) is 1. The van der Waals surface area contributed by atoms with E-state index in [-0.39, 0.29) is 5.92 Å². The number of likely N-dealkylation sites (tertiary alicyclic amines) is 1. The van der Waals surface area contributed by atoms with Gasteiger partial charge in [0, 0.05) is 31.6 Å². The van der Waals surface area contributed by atoms with Crippen LogP contribution in [-0.2, 0) is 11.3 Å². The van der Waals surface area contributed by atoms with Crippen molar-refractivity contribution in [1.82, 2.24) is 10.2 Å². The minimum absolute atomic E-state index is 0.277. The Kier molecular flexibility index (Phi) is 4.43. The highest BCUT2D eigenvalue weighted by molar-refractivity contribution is 5.81. The molecule has 1 amide bonds. The maximum absolute atomic E-state index is 13.2. The average Bonchev–Trinajstić information content (AvgIpc) is 3.33. The fraction of sp³-hybridized carbons (Fsp3) is 0.588. The van der Waals surface area contributed by atoms with Crippen molar-refractivity contribution < 1.29 is 13.6 Å². The predicted molar refractivity (Wildman–Crippen MR) is 80.1 cm³/mol. The highest BCUT2D eigenvalue weighted by atomic mass is 19.2. The Hall–Kier alpha value is -1.49. The SMILES string of the molecule is C[C@@H]1CN(C(=O)C2CC2)CC[C@H]1NCc1ccc(F)c(F)c1. The summed E-state index contributed by atoms with van der Waals surface area (Å²) >= 11 is 0. The van der Waals surface area contributed by atoms with Crippen LogP contribution in [0.2, 0.25) is 0 Å². The summed E-state index contributed by atoms with van der Waals surface area (Å²) in [7, 11) is 0. The van der Waals surface area contributed by atoms with Crippen molar-refractivity contribution >= 4 is 5.91 Å². The van der Waals surface area contributed by atoms with E-state index in [1.54, 1.807) is 6.07 Å². The van der Waals surface area contributed by atoms with Gasteiger partial charge in [-0.2, -0.15) is 0 Å². The molecule has 1 heterocycles. The van der Waals surface area contributed by atoms with Crippen LogP contribution < -0.4 is 5.32 Å². The van der Waals surface area contributed by atoms with Gasteiger partial charge >= 0.3 is 0 Å². The molecule has 1 saturated heterocycles.